The van der Waals surface area contributed by atoms with Crippen molar-refractivity contribution in [3.05, 3.63) is 63.1 Å². The lowest BCUT2D eigenvalue weighted by Crippen LogP contribution is -2.43. The zero-order chi connectivity index (χ0) is 22.0. The number of piperidine rings is 1. The van der Waals surface area contributed by atoms with Crippen LogP contribution in [0.3, 0.4) is 0 Å². The van der Waals surface area contributed by atoms with E-state index in [4.69, 9.17) is 4.74 Å². The van der Waals surface area contributed by atoms with Gasteiger partial charge in [0.05, 0.1) is 19.5 Å². The molecule has 9 nitrogen and oxygen atoms in total. The third kappa shape index (κ3) is 4.32. The van der Waals surface area contributed by atoms with Crippen LogP contribution in [0.15, 0.2) is 46.2 Å². The normalized spacial score (nSPS) is 16.7. The summed E-state index contributed by atoms with van der Waals surface area (Å²) in [4.78, 5) is 43.6. The molecule has 2 aromatic heterocycles. The van der Waals surface area contributed by atoms with Crippen molar-refractivity contribution < 1.29 is 9.53 Å². The summed E-state index contributed by atoms with van der Waals surface area (Å²) in [7, 11) is 2.99. The third-order valence-corrected chi connectivity index (χ3v) is 5.86. The first-order chi connectivity index (χ1) is 15.0. The number of benzene rings is 1. The molecule has 1 fully saturated rings. The van der Waals surface area contributed by atoms with Crippen molar-refractivity contribution in [1.82, 2.24) is 23.6 Å². The van der Waals surface area contributed by atoms with Crippen molar-refractivity contribution in [1.29, 1.82) is 0 Å². The summed E-state index contributed by atoms with van der Waals surface area (Å²) in [5, 5.41) is 0. The van der Waals surface area contributed by atoms with Crippen molar-refractivity contribution in [2.45, 2.75) is 26.0 Å². The summed E-state index contributed by atoms with van der Waals surface area (Å²) in [6, 6.07) is 10.0. The fourth-order valence-corrected chi connectivity index (χ4v) is 4.11. The van der Waals surface area contributed by atoms with Gasteiger partial charge >= 0.3 is 5.69 Å². The first-order valence-corrected chi connectivity index (χ1v) is 10.5. The molecule has 0 radical (unpaired) electrons. The van der Waals surface area contributed by atoms with Gasteiger partial charge in [0.1, 0.15) is 6.54 Å². The van der Waals surface area contributed by atoms with Gasteiger partial charge in [0, 0.05) is 27.2 Å². The lowest BCUT2D eigenvalue weighted by atomic mass is 9.99. The Bertz CT molecular complexity index is 1190. The number of ether oxygens (including phenoxy) is 1. The van der Waals surface area contributed by atoms with Crippen molar-refractivity contribution in [2.24, 2.45) is 20.0 Å². The molecule has 9 heteroatoms. The standard InChI is InChI=1S/C22H27N5O4/c1-24-20-19(21(29)25(2)22(24)30)27(15-23-20)12-18(28)26-10-6-9-17(11-26)14-31-13-16-7-4-3-5-8-16/h3-5,7-8,15,17H,6,9-14H2,1-2H3. The van der Waals surface area contributed by atoms with Gasteiger partial charge in [0.2, 0.25) is 5.91 Å². The van der Waals surface area contributed by atoms with Crippen LogP contribution in [-0.2, 0) is 36.8 Å². The maximum absolute atomic E-state index is 13.0. The molecule has 4 rings (SSSR count). The molecular weight excluding hydrogens is 398 g/mol. The number of carbonyl (C=O) groups is 1. The number of rotatable bonds is 6. The Labute approximate surface area is 179 Å². The fourth-order valence-electron chi connectivity index (χ4n) is 4.11. The van der Waals surface area contributed by atoms with E-state index < -0.39 is 11.2 Å². The Hall–Kier alpha value is -3.20. The summed E-state index contributed by atoms with van der Waals surface area (Å²) in [6.45, 7) is 2.51. The first-order valence-electron chi connectivity index (χ1n) is 10.5. The molecule has 3 aromatic rings. The van der Waals surface area contributed by atoms with Crippen molar-refractivity contribution in [3.63, 3.8) is 0 Å². The molecule has 1 aromatic carbocycles. The van der Waals surface area contributed by atoms with Crippen LogP contribution in [0.25, 0.3) is 11.2 Å². The van der Waals surface area contributed by atoms with E-state index in [1.807, 2.05) is 35.2 Å². The molecule has 1 aliphatic heterocycles. The highest BCUT2D eigenvalue weighted by Gasteiger charge is 2.25. The predicted octanol–water partition coefficient (Wildman–Crippen LogP) is 0.889. The van der Waals surface area contributed by atoms with Gasteiger partial charge in [-0.05, 0) is 24.3 Å². The monoisotopic (exact) mass is 425 g/mol. The van der Waals surface area contributed by atoms with Gasteiger partial charge in [-0.2, -0.15) is 0 Å². The number of imidazole rings is 1. The molecule has 1 amide bonds. The van der Waals surface area contributed by atoms with Crippen molar-refractivity contribution in [2.75, 3.05) is 19.7 Å². The third-order valence-electron chi connectivity index (χ3n) is 5.86. The van der Waals surface area contributed by atoms with E-state index >= 15 is 0 Å². The number of aryl methyl sites for hydroxylation is 1. The van der Waals surface area contributed by atoms with Crippen LogP contribution in [-0.4, -0.2) is 49.2 Å². The van der Waals surface area contributed by atoms with E-state index in [1.165, 1.54) is 22.5 Å². The van der Waals surface area contributed by atoms with Gasteiger partial charge in [-0.25, -0.2) is 9.78 Å². The highest BCUT2D eigenvalue weighted by Crippen LogP contribution is 2.18. The summed E-state index contributed by atoms with van der Waals surface area (Å²) in [5.74, 6) is 0.220. The van der Waals surface area contributed by atoms with Gasteiger partial charge in [-0.1, -0.05) is 30.3 Å². The predicted molar refractivity (Wildman–Crippen MR) is 116 cm³/mol. The average molecular weight is 425 g/mol. The molecule has 0 bridgehead atoms. The minimum atomic E-state index is -0.450. The molecule has 31 heavy (non-hydrogen) atoms. The van der Waals surface area contributed by atoms with Crippen LogP contribution in [0.5, 0.6) is 0 Å². The first kappa shape index (κ1) is 21.0. The SMILES string of the molecule is Cn1c(=O)c2c(ncn2CC(=O)N2CCCC(COCc3ccccc3)C2)n(C)c1=O. The zero-order valence-corrected chi connectivity index (χ0v) is 17.9. The van der Waals surface area contributed by atoms with Crippen LogP contribution in [0.4, 0.5) is 0 Å². The number of hydrogen-bond acceptors (Lipinski definition) is 5. The smallest absolute Gasteiger partial charge is 0.332 e. The number of hydrogen-bond donors (Lipinski definition) is 0. The van der Waals surface area contributed by atoms with E-state index in [0.29, 0.717) is 26.3 Å². The summed E-state index contributed by atoms with van der Waals surface area (Å²) in [5.41, 5.74) is 0.788. The summed E-state index contributed by atoms with van der Waals surface area (Å²) >= 11 is 0. The Morgan fingerprint density at radius 3 is 2.71 bits per heavy atom. The number of amides is 1. The van der Waals surface area contributed by atoms with E-state index in [0.717, 1.165) is 23.0 Å². The van der Waals surface area contributed by atoms with Crippen molar-refractivity contribution >= 4 is 17.1 Å². The molecule has 0 saturated carbocycles. The molecule has 1 unspecified atom stereocenters. The van der Waals surface area contributed by atoms with Gasteiger partial charge in [-0.3, -0.25) is 18.7 Å². The lowest BCUT2D eigenvalue weighted by Gasteiger charge is -2.32. The second-order valence-electron chi connectivity index (χ2n) is 8.10. The molecule has 164 valence electrons. The average Bonchev–Trinajstić information content (AvgIpc) is 3.21. The Kier molecular flexibility index (Phi) is 6.03. The fraction of sp³-hybridized carbons (Fsp3) is 0.455. The molecule has 3 heterocycles. The number of aromatic nitrogens is 4. The molecule has 0 spiro atoms. The molecule has 1 atom stereocenters. The molecule has 0 aliphatic carbocycles. The van der Waals surface area contributed by atoms with Gasteiger partial charge in [0.25, 0.3) is 5.56 Å². The molecular formula is C22H27N5O4. The molecule has 0 N–H and O–H groups in total. The minimum Gasteiger partial charge on any atom is -0.376 e. The highest BCUT2D eigenvalue weighted by atomic mass is 16.5. The molecule has 1 aliphatic rings. The van der Waals surface area contributed by atoms with Crippen LogP contribution in [0, 0.1) is 5.92 Å². The van der Waals surface area contributed by atoms with E-state index in [2.05, 4.69) is 4.98 Å². The maximum atomic E-state index is 13.0. The van der Waals surface area contributed by atoms with Gasteiger partial charge in [-0.15, -0.1) is 0 Å². The van der Waals surface area contributed by atoms with Crippen LogP contribution in [0.2, 0.25) is 0 Å². The number of nitrogens with zero attached hydrogens (tertiary/aromatic N) is 5. The summed E-state index contributed by atoms with van der Waals surface area (Å²) in [6.07, 6.45) is 3.40. The van der Waals surface area contributed by atoms with Crippen molar-refractivity contribution in [3.8, 4) is 0 Å². The Morgan fingerprint density at radius 2 is 1.94 bits per heavy atom. The number of carbonyl (C=O) groups excluding carboxylic acids is 1. The zero-order valence-electron chi connectivity index (χ0n) is 17.9. The quantitative estimate of drug-likeness (QED) is 0.585. The largest absolute Gasteiger partial charge is 0.376 e. The van der Waals surface area contributed by atoms with Gasteiger partial charge < -0.3 is 14.2 Å². The maximum Gasteiger partial charge on any atom is 0.332 e. The molecule has 1 saturated heterocycles. The minimum absolute atomic E-state index is 0.0154. The van der Waals surface area contributed by atoms with Crippen LogP contribution in [0.1, 0.15) is 18.4 Å². The van der Waals surface area contributed by atoms with Crippen LogP contribution >= 0.6 is 0 Å². The highest BCUT2D eigenvalue weighted by molar-refractivity contribution is 5.79. The number of likely N-dealkylation sites (tertiary alicyclic amines) is 1. The second-order valence-corrected chi connectivity index (χ2v) is 8.10. The Morgan fingerprint density at radius 1 is 1.16 bits per heavy atom. The van der Waals surface area contributed by atoms with Crippen LogP contribution < -0.4 is 11.2 Å². The van der Waals surface area contributed by atoms with E-state index in [-0.39, 0.29) is 29.5 Å². The second kappa shape index (κ2) is 8.89. The van der Waals surface area contributed by atoms with E-state index in [1.54, 1.807) is 7.05 Å². The Balaban J connectivity index is 1.41. The number of fused-ring (bicyclic) bond motifs is 1. The lowest BCUT2D eigenvalue weighted by molar-refractivity contribution is -0.134. The summed E-state index contributed by atoms with van der Waals surface area (Å²) < 4.78 is 9.76. The van der Waals surface area contributed by atoms with E-state index in [9.17, 15) is 14.4 Å². The topological polar surface area (TPSA) is 91.4 Å². The van der Waals surface area contributed by atoms with Gasteiger partial charge in [0.15, 0.2) is 11.2 Å².